The lowest BCUT2D eigenvalue weighted by molar-refractivity contribution is -0.145. The Morgan fingerprint density at radius 3 is 2.36 bits per heavy atom. The van der Waals surface area contributed by atoms with Crippen molar-refractivity contribution in [3.8, 4) is 0 Å². The monoisotopic (exact) mass is 194 g/mol. The number of halogens is 1. The number of aliphatic carboxylic acids is 1. The van der Waals surface area contributed by atoms with Gasteiger partial charge in [0, 0.05) is 0 Å². The summed E-state index contributed by atoms with van der Waals surface area (Å²) in [5.41, 5.74) is 0.935. The minimum absolute atomic E-state index is 0.0769. The first-order valence-electron chi connectivity index (χ1n) is 4.67. The predicted molar refractivity (Wildman–Crippen MR) is 49.5 cm³/mol. The number of benzene rings is 1. The Kier molecular flexibility index (Phi) is 2.23. The van der Waals surface area contributed by atoms with Crippen molar-refractivity contribution < 1.29 is 14.3 Å². The van der Waals surface area contributed by atoms with Gasteiger partial charge in [-0.25, -0.2) is 4.39 Å². The van der Waals surface area contributed by atoms with Crippen molar-refractivity contribution in [1.29, 1.82) is 0 Å². The zero-order valence-corrected chi connectivity index (χ0v) is 7.61. The third-order valence-electron chi connectivity index (χ3n) is 2.89. The number of hydrogen-bond acceptors (Lipinski definition) is 1. The minimum Gasteiger partial charge on any atom is -0.481 e. The molecule has 1 aromatic carbocycles. The molecule has 0 radical (unpaired) electrons. The van der Waals surface area contributed by atoms with Crippen molar-refractivity contribution >= 4 is 5.97 Å². The van der Waals surface area contributed by atoms with Gasteiger partial charge in [0.25, 0.3) is 0 Å². The maximum Gasteiger partial charge on any atom is 0.307 e. The van der Waals surface area contributed by atoms with E-state index < -0.39 is 5.97 Å². The topological polar surface area (TPSA) is 37.3 Å². The summed E-state index contributed by atoms with van der Waals surface area (Å²) >= 11 is 0. The lowest BCUT2D eigenvalue weighted by Gasteiger charge is -2.33. The number of carboxylic acid groups (broad SMARTS) is 1. The number of carboxylic acids is 1. The molecule has 2 rings (SSSR count). The Labute approximate surface area is 81.4 Å². The molecule has 0 saturated heterocycles. The zero-order valence-electron chi connectivity index (χ0n) is 7.61. The van der Waals surface area contributed by atoms with Crippen molar-refractivity contribution in [2.24, 2.45) is 5.92 Å². The van der Waals surface area contributed by atoms with Gasteiger partial charge in [0.2, 0.25) is 0 Å². The molecule has 1 saturated carbocycles. The number of hydrogen-bond donors (Lipinski definition) is 1. The molecule has 0 amide bonds. The minimum atomic E-state index is -0.745. The van der Waals surface area contributed by atoms with Crippen molar-refractivity contribution in [2.45, 2.75) is 18.8 Å². The molecular weight excluding hydrogens is 183 g/mol. The molecule has 2 nitrogen and oxygen atoms in total. The van der Waals surface area contributed by atoms with Crippen molar-refractivity contribution in [1.82, 2.24) is 0 Å². The van der Waals surface area contributed by atoms with Crippen LogP contribution in [-0.4, -0.2) is 11.1 Å². The predicted octanol–water partition coefficient (Wildman–Crippen LogP) is 2.40. The zero-order chi connectivity index (χ0) is 10.1. The van der Waals surface area contributed by atoms with E-state index in [4.69, 9.17) is 5.11 Å². The first kappa shape index (κ1) is 9.19. The average molecular weight is 194 g/mol. The molecule has 0 bridgehead atoms. The summed E-state index contributed by atoms with van der Waals surface area (Å²) in [6, 6.07) is 6.11. The van der Waals surface area contributed by atoms with Crippen LogP contribution in [0.15, 0.2) is 24.3 Å². The molecule has 0 unspecified atom stereocenters. The molecule has 1 aliphatic rings. The second-order valence-electron chi connectivity index (χ2n) is 3.68. The van der Waals surface area contributed by atoms with Crippen LogP contribution in [0.5, 0.6) is 0 Å². The van der Waals surface area contributed by atoms with Gasteiger partial charge >= 0.3 is 5.97 Å². The summed E-state index contributed by atoms with van der Waals surface area (Å²) in [6.07, 6.45) is 1.62. The molecule has 74 valence electrons. The molecule has 0 heterocycles. The van der Waals surface area contributed by atoms with E-state index in [1.807, 2.05) is 0 Å². The molecule has 0 spiro atoms. The number of carbonyl (C=O) groups is 1. The molecule has 1 aliphatic carbocycles. The third kappa shape index (κ3) is 1.50. The van der Waals surface area contributed by atoms with Gasteiger partial charge in [-0.1, -0.05) is 12.1 Å². The first-order chi connectivity index (χ1) is 6.68. The maximum atomic E-state index is 12.6. The molecule has 0 aromatic heterocycles. The summed E-state index contributed by atoms with van der Waals surface area (Å²) in [5, 5.41) is 8.85. The smallest absolute Gasteiger partial charge is 0.307 e. The fraction of sp³-hybridized carbons (Fsp3) is 0.364. The van der Waals surface area contributed by atoms with Gasteiger partial charge in [-0.05, 0) is 36.5 Å². The van der Waals surface area contributed by atoms with Crippen molar-refractivity contribution in [3.05, 3.63) is 35.6 Å². The van der Waals surface area contributed by atoms with E-state index in [9.17, 15) is 9.18 Å². The third-order valence-corrected chi connectivity index (χ3v) is 2.89. The second kappa shape index (κ2) is 3.40. The van der Waals surface area contributed by atoms with Crippen molar-refractivity contribution in [2.75, 3.05) is 0 Å². The first-order valence-corrected chi connectivity index (χ1v) is 4.67. The highest BCUT2D eigenvalue weighted by Crippen LogP contribution is 2.42. The van der Waals surface area contributed by atoms with E-state index in [2.05, 4.69) is 0 Å². The van der Waals surface area contributed by atoms with Gasteiger partial charge in [0.15, 0.2) is 0 Å². The van der Waals surface area contributed by atoms with Gasteiger partial charge < -0.3 is 5.11 Å². The maximum absolute atomic E-state index is 12.6. The van der Waals surface area contributed by atoms with E-state index in [1.54, 1.807) is 12.1 Å². The Hall–Kier alpha value is -1.38. The molecule has 2 atom stereocenters. The molecule has 1 aromatic rings. The van der Waals surface area contributed by atoms with E-state index in [0.29, 0.717) is 0 Å². The van der Waals surface area contributed by atoms with Crippen LogP contribution in [0.3, 0.4) is 0 Å². The van der Waals surface area contributed by atoms with Gasteiger partial charge in [0.1, 0.15) is 5.82 Å². The molecule has 1 fully saturated rings. The van der Waals surface area contributed by atoms with E-state index in [1.165, 1.54) is 12.1 Å². The van der Waals surface area contributed by atoms with E-state index >= 15 is 0 Å². The van der Waals surface area contributed by atoms with Gasteiger partial charge in [-0.15, -0.1) is 0 Å². The standard InChI is InChI=1S/C11H11FO2/c12-8-3-1-7(2-4-8)9-5-6-10(9)11(13)14/h1-4,9-10H,5-6H2,(H,13,14)/t9-,10+/m1/s1. The lowest BCUT2D eigenvalue weighted by atomic mass is 9.70. The van der Waals surface area contributed by atoms with Crippen LogP contribution < -0.4 is 0 Å². The Morgan fingerprint density at radius 1 is 1.29 bits per heavy atom. The van der Waals surface area contributed by atoms with E-state index in [-0.39, 0.29) is 17.7 Å². The van der Waals surface area contributed by atoms with Crippen LogP contribution >= 0.6 is 0 Å². The van der Waals surface area contributed by atoms with Gasteiger partial charge in [-0.3, -0.25) is 4.79 Å². The van der Waals surface area contributed by atoms with Gasteiger partial charge in [0.05, 0.1) is 5.92 Å². The van der Waals surface area contributed by atoms with Crippen LogP contribution in [0.4, 0.5) is 4.39 Å². The summed E-state index contributed by atoms with van der Waals surface area (Å²) in [7, 11) is 0. The highest BCUT2D eigenvalue weighted by molar-refractivity contribution is 5.72. The Bertz CT molecular complexity index is 345. The fourth-order valence-corrected chi connectivity index (χ4v) is 1.90. The second-order valence-corrected chi connectivity index (χ2v) is 3.68. The Morgan fingerprint density at radius 2 is 1.93 bits per heavy atom. The lowest BCUT2D eigenvalue weighted by Crippen LogP contribution is -2.30. The number of rotatable bonds is 2. The molecule has 0 aliphatic heterocycles. The highest BCUT2D eigenvalue weighted by atomic mass is 19.1. The largest absolute Gasteiger partial charge is 0.481 e. The molecule has 1 N–H and O–H groups in total. The summed E-state index contributed by atoms with van der Waals surface area (Å²) < 4.78 is 12.6. The highest BCUT2D eigenvalue weighted by Gasteiger charge is 2.37. The summed E-state index contributed by atoms with van der Waals surface area (Å²) in [4.78, 5) is 10.8. The summed E-state index contributed by atoms with van der Waals surface area (Å²) in [5.74, 6) is -1.22. The molecular formula is C11H11FO2. The van der Waals surface area contributed by atoms with Crippen LogP contribution in [-0.2, 0) is 4.79 Å². The van der Waals surface area contributed by atoms with Crippen LogP contribution in [0.25, 0.3) is 0 Å². The normalized spacial score (nSPS) is 25.5. The van der Waals surface area contributed by atoms with Gasteiger partial charge in [-0.2, -0.15) is 0 Å². The average Bonchev–Trinajstić information content (AvgIpc) is 2.05. The SMILES string of the molecule is O=C(O)[C@H]1CC[C@@H]1c1ccc(F)cc1. The van der Waals surface area contributed by atoms with E-state index in [0.717, 1.165) is 18.4 Å². The van der Waals surface area contributed by atoms with Crippen LogP contribution in [0.2, 0.25) is 0 Å². The Balaban J connectivity index is 2.16. The molecule has 14 heavy (non-hydrogen) atoms. The quantitative estimate of drug-likeness (QED) is 0.784. The summed E-state index contributed by atoms with van der Waals surface area (Å²) in [6.45, 7) is 0. The molecule has 3 heteroatoms. The van der Waals surface area contributed by atoms with Crippen molar-refractivity contribution in [3.63, 3.8) is 0 Å². The van der Waals surface area contributed by atoms with Crippen LogP contribution in [0.1, 0.15) is 24.3 Å². The van der Waals surface area contributed by atoms with Crippen LogP contribution in [0, 0.1) is 11.7 Å². The fourth-order valence-electron chi connectivity index (χ4n) is 1.90.